The van der Waals surface area contributed by atoms with E-state index in [0.29, 0.717) is 23.7 Å². The maximum Gasteiger partial charge on any atom is 0.411 e. The quantitative estimate of drug-likeness (QED) is 0.780. The highest BCUT2D eigenvalue weighted by Crippen LogP contribution is 2.32. The number of anilines is 1. The van der Waals surface area contributed by atoms with Gasteiger partial charge in [0.2, 0.25) is 0 Å². The molecule has 1 saturated carbocycles. The molecule has 0 atom stereocenters. The minimum absolute atomic E-state index is 0.453. The van der Waals surface area contributed by atoms with Crippen LogP contribution in [0.15, 0.2) is 33.3 Å². The Labute approximate surface area is 143 Å². The molecule has 2 aromatic rings. The Hall–Kier alpha value is -1.82. The lowest BCUT2D eigenvalue weighted by Gasteiger charge is -2.24. The molecule has 6 heteroatoms. The first-order valence-corrected chi connectivity index (χ1v) is 8.59. The molecular formula is C17H19BrN2O3. The van der Waals surface area contributed by atoms with Gasteiger partial charge < -0.3 is 9.26 Å². The van der Waals surface area contributed by atoms with Gasteiger partial charge in [-0.1, -0.05) is 40.3 Å². The van der Waals surface area contributed by atoms with E-state index in [1.165, 1.54) is 19.3 Å². The number of ether oxygens (including phenoxy) is 1. The molecule has 0 aliphatic heterocycles. The van der Waals surface area contributed by atoms with E-state index < -0.39 is 6.09 Å². The number of carbonyl (C=O) groups is 1. The van der Waals surface area contributed by atoms with Gasteiger partial charge in [-0.05, 0) is 43.5 Å². The molecule has 0 bridgehead atoms. The summed E-state index contributed by atoms with van der Waals surface area (Å²) in [6, 6.07) is 7.62. The van der Waals surface area contributed by atoms with Crippen LogP contribution in [0, 0.1) is 12.8 Å². The van der Waals surface area contributed by atoms with Gasteiger partial charge in [0.25, 0.3) is 0 Å². The molecule has 1 aliphatic carbocycles. The van der Waals surface area contributed by atoms with Crippen LogP contribution in [0.5, 0.6) is 0 Å². The number of nitrogens with zero attached hydrogens (tertiary/aromatic N) is 1. The van der Waals surface area contributed by atoms with Crippen molar-refractivity contribution in [2.75, 3.05) is 11.9 Å². The predicted octanol–water partition coefficient (Wildman–Crippen LogP) is 5.15. The van der Waals surface area contributed by atoms with E-state index >= 15 is 0 Å². The summed E-state index contributed by atoms with van der Waals surface area (Å²) in [5.74, 6) is 1.25. The van der Waals surface area contributed by atoms with Crippen molar-refractivity contribution in [3.8, 4) is 11.3 Å². The summed E-state index contributed by atoms with van der Waals surface area (Å²) in [4.78, 5) is 12.0. The first kappa shape index (κ1) is 16.1. The number of aryl methyl sites for hydroxylation is 1. The summed E-state index contributed by atoms with van der Waals surface area (Å²) in [6.07, 6.45) is 4.28. The smallest absolute Gasteiger partial charge is 0.411 e. The molecule has 5 nitrogen and oxygen atoms in total. The van der Waals surface area contributed by atoms with Gasteiger partial charge >= 0.3 is 6.09 Å². The zero-order chi connectivity index (χ0) is 16.2. The number of amides is 1. The van der Waals surface area contributed by atoms with E-state index in [1.807, 2.05) is 24.3 Å². The fraction of sp³-hybridized carbons (Fsp3) is 0.412. The molecule has 3 rings (SSSR count). The highest BCUT2D eigenvalue weighted by Gasteiger charge is 2.20. The van der Waals surface area contributed by atoms with Crippen molar-refractivity contribution in [2.24, 2.45) is 5.92 Å². The third-order valence-corrected chi connectivity index (χ3v) is 4.71. The van der Waals surface area contributed by atoms with Gasteiger partial charge in [0, 0.05) is 10.0 Å². The number of halogens is 1. The van der Waals surface area contributed by atoms with E-state index in [0.717, 1.165) is 22.4 Å². The largest absolute Gasteiger partial charge is 0.449 e. The molecule has 1 fully saturated rings. The van der Waals surface area contributed by atoms with Gasteiger partial charge in [0.15, 0.2) is 5.76 Å². The minimum Gasteiger partial charge on any atom is -0.449 e. The van der Waals surface area contributed by atoms with Crippen molar-refractivity contribution in [1.82, 2.24) is 5.16 Å². The maximum atomic E-state index is 12.0. The summed E-state index contributed by atoms with van der Waals surface area (Å²) in [6.45, 7) is 2.24. The highest BCUT2D eigenvalue weighted by molar-refractivity contribution is 9.10. The molecule has 1 aliphatic rings. The second-order valence-electron chi connectivity index (χ2n) is 5.83. The van der Waals surface area contributed by atoms with Crippen LogP contribution >= 0.6 is 15.9 Å². The topological polar surface area (TPSA) is 64.4 Å². The zero-order valence-corrected chi connectivity index (χ0v) is 14.6. The van der Waals surface area contributed by atoms with Crippen molar-refractivity contribution in [3.05, 3.63) is 34.4 Å². The monoisotopic (exact) mass is 378 g/mol. The van der Waals surface area contributed by atoms with E-state index in [9.17, 15) is 4.79 Å². The van der Waals surface area contributed by atoms with Gasteiger partial charge in [-0.15, -0.1) is 0 Å². The van der Waals surface area contributed by atoms with Crippen LogP contribution in [0.1, 0.15) is 31.4 Å². The zero-order valence-electron chi connectivity index (χ0n) is 13.0. The van der Waals surface area contributed by atoms with Crippen LogP contribution in [-0.4, -0.2) is 17.9 Å². The number of carbonyl (C=O) groups excluding carboxylic acids is 1. The van der Waals surface area contributed by atoms with E-state index in [1.54, 1.807) is 6.92 Å². The Morgan fingerprint density at radius 1 is 1.39 bits per heavy atom. The lowest BCUT2D eigenvalue weighted by atomic mass is 9.83. The van der Waals surface area contributed by atoms with Gasteiger partial charge in [-0.3, -0.25) is 5.32 Å². The SMILES string of the molecule is Cc1noc(-c2ccc(Br)cc2)c1NC(=O)OCCC1CCC1. The summed E-state index contributed by atoms with van der Waals surface area (Å²) in [5, 5.41) is 6.69. The van der Waals surface area contributed by atoms with Crippen LogP contribution in [0.2, 0.25) is 0 Å². The van der Waals surface area contributed by atoms with Crippen LogP contribution in [0.3, 0.4) is 0 Å². The fourth-order valence-corrected chi connectivity index (χ4v) is 2.82. The van der Waals surface area contributed by atoms with Crippen molar-refractivity contribution in [2.45, 2.75) is 32.6 Å². The predicted molar refractivity (Wildman–Crippen MR) is 91.3 cm³/mol. The van der Waals surface area contributed by atoms with Gasteiger partial charge in [-0.2, -0.15) is 0 Å². The van der Waals surface area contributed by atoms with E-state index in [4.69, 9.17) is 9.26 Å². The van der Waals surface area contributed by atoms with Gasteiger partial charge in [0.05, 0.1) is 6.61 Å². The molecule has 1 aromatic heterocycles. The summed E-state index contributed by atoms with van der Waals surface area (Å²) in [5.41, 5.74) is 2.03. The van der Waals surface area contributed by atoms with Crippen molar-refractivity contribution < 1.29 is 14.1 Å². The van der Waals surface area contributed by atoms with Crippen LogP contribution < -0.4 is 5.32 Å². The van der Waals surface area contributed by atoms with Crippen LogP contribution in [0.4, 0.5) is 10.5 Å². The Morgan fingerprint density at radius 3 is 2.78 bits per heavy atom. The first-order chi connectivity index (χ1) is 11.1. The molecule has 122 valence electrons. The fourth-order valence-electron chi connectivity index (χ4n) is 2.55. The summed E-state index contributed by atoms with van der Waals surface area (Å²) >= 11 is 3.40. The average molecular weight is 379 g/mol. The number of aromatic nitrogens is 1. The second-order valence-corrected chi connectivity index (χ2v) is 6.74. The second kappa shape index (κ2) is 7.17. The van der Waals surface area contributed by atoms with Gasteiger partial charge in [0.1, 0.15) is 11.4 Å². The molecule has 1 amide bonds. The van der Waals surface area contributed by atoms with Crippen molar-refractivity contribution in [1.29, 1.82) is 0 Å². The first-order valence-electron chi connectivity index (χ1n) is 7.79. The molecule has 1 heterocycles. The van der Waals surface area contributed by atoms with Gasteiger partial charge in [-0.25, -0.2) is 4.79 Å². The molecule has 1 aromatic carbocycles. The molecule has 0 spiro atoms. The molecule has 0 radical (unpaired) electrons. The maximum absolute atomic E-state index is 12.0. The highest BCUT2D eigenvalue weighted by atomic mass is 79.9. The number of hydrogen-bond donors (Lipinski definition) is 1. The lowest BCUT2D eigenvalue weighted by Crippen LogP contribution is -2.19. The Kier molecular flexibility index (Phi) is 5.00. The minimum atomic E-state index is -0.464. The van der Waals surface area contributed by atoms with E-state index in [2.05, 4.69) is 26.4 Å². The molecular weight excluding hydrogens is 360 g/mol. The standard InChI is InChI=1S/C17H19BrN2O3/c1-11-15(19-17(21)22-10-9-12-3-2-4-12)16(23-20-11)13-5-7-14(18)8-6-13/h5-8,12H,2-4,9-10H2,1H3,(H,19,21). The number of rotatable bonds is 5. The number of hydrogen-bond acceptors (Lipinski definition) is 4. The van der Waals surface area contributed by atoms with E-state index in [-0.39, 0.29) is 0 Å². The third-order valence-electron chi connectivity index (χ3n) is 4.18. The summed E-state index contributed by atoms with van der Waals surface area (Å²) < 4.78 is 11.6. The Balaban J connectivity index is 1.63. The Morgan fingerprint density at radius 2 is 2.13 bits per heavy atom. The molecule has 0 unspecified atom stereocenters. The average Bonchev–Trinajstić information content (AvgIpc) is 2.84. The molecule has 23 heavy (non-hydrogen) atoms. The molecule has 1 N–H and O–H groups in total. The number of benzene rings is 1. The van der Waals surface area contributed by atoms with Crippen molar-refractivity contribution in [3.63, 3.8) is 0 Å². The Bertz CT molecular complexity index is 678. The van der Waals surface area contributed by atoms with Crippen molar-refractivity contribution >= 4 is 27.7 Å². The number of nitrogens with one attached hydrogen (secondary N) is 1. The van der Waals surface area contributed by atoms with Crippen LogP contribution in [-0.2, 0) is 4.74 Å². The third kappa shape index (κ3) is 3.93. The summed E-state index contributed by atoms with van der Waals surface area (Å²) in [7, 11) is 0. The lowest BCUT2D eigenvalue weighted by molar-refractivity contribution is 0.142. The van der Waals surface area contributed by atoms with Crippen LogP contribution in [0.25, 0.3) is 11.3 Å². The molecule has 0 saturated heterocycles. The normalized spacial score (nSPS) is 14.3.